The van der Waals surface area contributed by atoms with Crippen LogP contribution in [0.1, 0.15) is 5.56 Å². The molecule has 1 N–H and O–H groups in total. The normalized spacial score (nSPS) is 11.2. The van der Waals surface area contributed by atoms with E-state index in [1.54, 1.807) is 43.8 Å². The van der Waals surface area contributed by atoms with Crippen molar-refractivity contribution in [2.75, 3.05) is 12.5 Å². The van der Waals surface area contributed by atoms with Crippen molar-refractivity contribution in [3.05, 3.63) is 75.7 Å². The van der Waals surface area contributed by atoms with Crippen LogP contribution in [0.3, 0.4) is 0 Å². The Morgan fingerprint density at radius 3 is 2.82 bits per heavy atom. The van der Waals surface area contributed by atoms with Gasteiger partial charge < -0.3 is 9.15 Å². The molecule has 0 atom stereocenters. The highest BCUT2D eigenvalue weighted by molar-refractivity contribution is 7.18. The van der Waals surface area contributed by atoms with Gasteiger partial charge in [-0.3, -0.25) is 5.43 Å². The summed E-state index contributed by atoms with van der Waals surface area (Å²) >= 11 is 7.33. The third-order valence-corrected chi connectivity index (χ3v) is 5.13. The number of benzene rings is 2. The van der Waals surface area contributed by atoms with Crippen molar-refractivity contribution in [3.8, 4) is 16.2 Å². The fourth-order valence-electron chi connectivity index (χ4n) is 2.57. The molecule has 0 saturated heterocycles. The van der Waals surface area contributed by atoms with Crippen LogP contribution in [0.25, 0.3) is 21.4 Å². The second-order valence-corrected chi connectivity index (χ2v) is 7.27. The predicted molar refractivity (Wildman–Crippen MR) is 113 cm³/mol. The maximum absolute atomic E-state index is 12.3. The van der Waals surface area contributed by atoms with Crippen molar-refractivity contribution in [2.24, 2.45) is 5.10 Å². The highest BCUT2D eigenvalue weighted by atomic mass is 35.5. The number of ether oxygens (including phenoxy) is 1. The molecule has 8 heteroatoms. The molecule has 2 heterocycles. The van der Waals surface area contributed by atoms with Gasteiger partial charge in [0.25, 0.3) is 0 Å². The Morgan fingerprint density at radius 1 is 1.21 bits per heavy atom. The van der Waals surface area contributed by atoms with Crippen LogP contribution in [0.15, 0.2) is 69.0 Å². The van der Waals surface area contributed by atoms with Crippen LogP contribution >= 0.6 is 22.9 Å². The van der Waals surface area contributed by atoms with E-state index in [4.69, 9.17) is 20.8 Å². The van der Waals surface area contributed by atoms with E-state index in [-0.39, 0.29) is 0 Å². The van der Waals surface area contributed by atoms with Gasteiger partial charge in [0.2, 0.25) is 5.13 Å². The number of nitrogens with zero attached hydrogens (tertiary/aromatic N) is 2. The van der Waals surface area contributed by atoms with Crippen LogP contribution in [0.5, 0.6) is 5.75 Å². The van der Waals surface area contributed by atoms with Gasteiger partial charge in [0.15, 0.2) is 0 Å². The zero-order valence-corrected chi connectivity index (χ0v) is 16.3. The molecule has 0 saturated carbocycles. The van der Waals surface area contributed by atoms with Crippen LogP contribution in [0.2, 0.25) is 5.02 Å². The second-order valence-electron chi connectivity index (χ2n) is 5.80. The van der Waals surface area contributed by atoms with Gasteiger partial charge in [0.1, 0.15) is 11.3 Å². The maximum atomic E-state index is 12.3. The monoisotopic (exact) mass is 411 g/mol. The van der Waals surface area contributed by atoms with Crippen molar-refractivity contribution in [1.29, 1.82) is 0 Å². The molecule has 0 bridgehead atoms. The summed E-state index contributed by atoms with van der Waals surface area (Å²) in [7, 11) is 1.62. The van der Waals surface area contributed by atoms with E-state index in [2.05, 4.69) is 15.5 Å². The molecule has 2 aromatic heterocycles. The number of halogens is 1. The van der Waals surface area contributed by atoms with Gasteiger partial charge in [-0.25, -0.2) is 9.78 Å². The molecule has 0 aliphatic carbocycles. The first-order valence-corrected chi connectivity index (χ1v) is 9.44. The highest BCUT2D eigenvalue weighted by Gasteiger charge is 2.11. The van der Waals surface area contributed by atoms with E-state index >= 15 is 0 Å². The molecule has 6 nitrogen and oxygen atoms in total. The quantitative estimate of drug-likeness (QED) is 0.283. The molecule has 4 aromatic rings. The van der Waals surface area contributed by atoms with E-state index in [0.717, 1.165) is 16.7 Å². The van der Waals surface area contributed by atoms with Crippen molar-refractivity contribution in [3.63, 3.8) is 0 Å². The standard InChI is InChI=1S/C20H14ClN3O3S/c1-26-15-5-2-12(3-6-15)10-23-24-20-22-11-18(28-20)16-9-13-8-14(21)4-7-17(13)27-19(16)25/h2-11H,1H3,(H,22,24)/b23-10+. The molecular formula is C20H14ClN3O3S. The van der Waals surface area contributed by atoms with Crippen molar-refractivity contribution >= 4 is 45.3 Å². The van der Waals surface area contributed by atoms with Crippen LogP contribution in [-0.4, -0.2) is 18.3 Å². The number of nitrogens with one attached hydrogen (secondary N) is 1. The summed E-state index contributed by atoms with van der Waals surface area (Å²) in [6.45, 7) is 0. The van der Waals surface area contributed by atoms with Gasteiger partial charge in [-0.15, -0.1) is 0 Å². The molecular weight excluding hydrogens is 398 g/mol. The van der Waals surface area contributed by atoms with Crippen LogP contribution in [0, 0.1) is 0 Å². The zero-order valence-electron chi connectivity index (χ0n) is 14.7. The number of thiazole rings is 1. The first-order valence-electron chi connectivity index (χ1n) is 8.25. The number of hydrogen-bond donors (Lipinski definition) is 1. The molecule has 2 aromatic carbocycles. The maximum Gasteiger partial charge on any atom is 0.345 e. The molecule has 0 radical (unpaired) electrons. The molecule has 0 fully saturated rings. The number of aromatic nitrogens is 1. The number of hydrogen-bond acceptors (Lipinski definition) is 7. The topological polar surface area (TPSA) is 76.7 Å². The second kappa shape index (κ2) is 7.84. The minimum Gasteiger partial charge on any atom is -0.497 e. The van der Waals surface area contributed by atoms with Crippen LogP contribution in [0.4, 0.5) is 5.13 Å². The zero-order chi connectivity index (χ0) is 19.5. The minimum absolute atomic E-state index is 0.424. The van der Waals surface area contributed by atoms with Gasteiger partial charge in [-0.1, -0.05) is 22.9 Å². The lowest BCUT2D eigenvalue weighted by atomic mass is 10.2. The Kier molecular flexibility index (Phi) is 5.10. The molecule has 4 rings (SSSR count). The van der Waals surface area contributed by atoms with E-state index in [1.165, 1.54) is 11.3 Å². The Morgan fingerprint density at radius 2 is 2.04 bits per heavy atom. The van der Waals surface area contributed by atoms with Crippen LogP contribution in [-0.2, 0) is 0 Å². The summed E-state index contributed by atoms with van der Waals surface area (Å²) in [5.74, 6) is 0.783. The van der Waals surface area contributed by atoms with Gasteiger partial charge in [-0.2, -0.15) is 5.10 Å². The number of rotatable bonds is 5. The summed E-state index contributed by atoms with van der Waals surface area (Å²) in [4.78, 5) is 17.2. The molecule has 0 aliphatic rings. The number of hydrazone groups is 1. The van der Waals surface area contributed by atoms with E-state index in [9.17, 15) is 4.79 Å². The first-order chi connectivity index (χ1) is 13.6. The molecule has 140 valence electrons. The Labute approximate surface area is 169 Å². The van der Waals surface area contributed by atoms with Gasteiger partial charge in [0.05, 0.1) is 23.8 Å². The molecule has 0 spiro atoms. The van der Waals surface area contributed by atoms with E-state index < -0.39 is 5.63 Å². The van der Waals surface area contributed by atoms with Crippen molar-refractivity contribution in [2.45, 2.75) is 0 Å². The van der Waals surface area contributed by atoms with Gasteiger partial charge >= 0.3 is 5.63 Å². The number of fused-ring (bicyclic) bond motifs is 1. The lowest BCUT2D eigenvalue weighted by Crippen LogP contribution is -2.01. The Bertz CT molecular complexity index is 1220. The average Bonchev–Trinajstić information content (AvgIpc) is 3.17. The highest BCUT2D eigenvalue weighted by Crippen LogP contribution is 2.29. The lowest BCUT2D eigenvalue weighted by molar-refractivity contribution is 0.415. The minimum atomic E-state index is -0.424. The third kappa shape index (κ3) is 3.90. The van der Waals surface area contributed by atoms with Gasteiger partial charge in [0, 0.05) is 16.6 Å². The SMILES string of the molecule is COc1ccc(/C=N/Nc2ncc(-c3cc4cc(Cl)ccc4oc3=O)s2)cc1. The average molecular weight is 412 g/mol. The Balaban J connectivity index is 1.54. The fraction of sp³-hybridized carbons (Fsp3) is 0.0500. The van der Waals surface area contributed by atoms with Gasteiger partial charge in [-0.05, 0) is 54.1 Å². The fourth-order valence-corrected chi connectivity index (χ4v) is 3.52. The summed E-state index contributed by atoms with van der Waals surface area (Å²) < 4.78 is 10.5. The molecule has 28 heavy (non-hydrogen) atoms. The van der Waals surface area contributed by atoms with Crippen molar-refractivity contribution < 1.29 is 9.15 Å². The summed E-state index contributed by atoms with van der Waals surface area (Å²) in [5.41, 5.74) is 4.28. The first kappa shape index (κ1) is 18.2. The third-order valence-electron chi connectivity index (χ3n) is 3.96. The molecule has 0 aliphatic heterocycles. The van der Waals surface area contributed by atoms with E-state index in [0.29, 0.717) is 26.2 Å². The van der Waals surface area contributed by atoms with E-state index in [1.807, 2.05) is 24.3 Å². The lowest BCUT2D eigenvalue weighted by Gasteiger charge is -2.00. The van der Waals surface area contributed by atoms with Crippen LogP contribution < -0.4 is 15.8 Å². The summed E-state index contributed by atoms with van der Waals surface area (Å²) in [6.07, 6.45) is 3.28. The molecule has 0 amide bonds. The number of methoxy groups -OCH3 is 1. The predicted octanol–water partition coefficient (Wildman–Crippen LogP) is 5.02. The number of anilines is 1. The molecule has 0 unspecified atom stereocenters. The summed E-state index contributed by atoms with van der Waals surface area (Å²) in [6, 6.07) is 14.4. The summed E-state index contributed by atoms with van der Waals surface area (Å²) in [5, 5.41) is 6.06. The Hall–Kier alpha value is -3.16. The smallest absolute Gasteiger partial charge is 0.345 e. The van der Waals surface area contributed by atoms with Crippen molar-refractivity contribution in [1.82, 2.24) is 4.98 Å². The largest absolute Gasteiger partial charge is 0.497 e.